The van der Waals surface area contributed by atoms with Crippen molar-refractivity contribution < 1.29 is 19.7 Å². The molecular formula is C28H38N2O4. The molecule has 1 aliphatic rings. The number of aromatic hydroxyl groups is 2. The molecule has 1 fully saturated rings. The van der Waals surface area contributed by atoms with Gasteiger partial charge in [-0.2, -0.15) is 0 Å². The van der Waals surface area contributed by atoms with E-state index in [2.05, 4.69) is 27.7 Å². The zero-order chi connectivity index (χ0) is 24.5. The molecule has 0 unspecified atom stereocenters. The van der Waals surface area contributed by atoms with Gasteiger partial charge in [0, 0.05) is 23.6 Å². The number of ether oxygens (including phenoxy) is 2. The number of hydrogen-bond donors (Lipinski definition) is 2. The lowest BCUT2D eigenvalue weighted by Gasteiger charge is -2.25. The van der Waals surface area contributed by atoms with E-state index in [0.717, 1.165) is 25.7 Å². The van der Waals surface area contributed by atoms with Crippen LogP contribution in [0, 0.1) is 11.8 Å². The minimum atomic E-state index is 0.0205. The highest BCUT2D eigenvalue weighted by Crippen LogP contribution is 2.31. The van der Waals surface area contributed by atoms with Gasteiger partial charge in [0.2, 0.25) is 0 Å². The Hall–Kier alpha value is -3.02. The zero-order valence-corrected chi connectivity index (χ0v) is 20.8. The maximum Gasteiger partial charge on any atom is 0.166 e. The fourth-order valence-corrected chi connectivity index (χ4v) is 3.82. The second-order valence-electron chi connectivity index (χ2n) is 9.77. The number of para-hydroxylation sites is 2. The predicted molar refractivity (Wildman–Crippen MR) is 138 cm³/mol. The summed E-state index contributed by atoms with van der Waals surface area (Å²) in [5.74, 6) is 1.94. The van der Waals surface area contributed by atoms with Crippen LogP contribution in [0.25, 0.3) is 0 Å². The lowest BCUT2D eigenvalue weighted by molar-refractivity contribution is 0.259. The molecule has 0 amide bonds. The second kappa shape index (κ2) is 12.4. The minimum Gasteiger partial charge on any atom is -0.504 e. The summed E-state index contributed by atoms with van der Waals surface area (Å²) in [7, 11) is 0. The van der Waals surface area contributed by atoms with Crippen molar-refractivity contribution in [2.24, 2.45) is 21.8 Å². The van der Waals surface area contributed by atoms with E-state index in [1.165, 1.54) is 0 Å². The first-order valence-electron chi connectivity index (χ1n) is 12.3. The normalized spacial score (nSPS) is 18.9. The maximum absolute atomic E-state index is 10.6. The Balaban J connectivity index is 1.72. The SMILES string of the molecule is CC(C)COc1cccc(C=N[C@H]2CCCC[C@@H]2N=Cc2cccc(OCC(C)C)c2O)c1O. The van der Waals surface area contributed by atoms with Crippen molar-refractivity contribution in [2.75, 3.05) is 13.2 Å². The van der Waals surface area contributed by atoms with Crippen LogP contribution in [0.3, 0.4) is 0 Å². The monoisotopic (exact) mass is 466 g/mol. The largest absolute Gasteiger partial charge is 0.504 e. The van der Waals surface area contributed by atoms with Crippen molar-refractivity contribution in [3.05, 3.63) is 47.5 Å². The van der Waals surface area contributed by atoms with Crippen molar-refractivity contribution in [1.82, 2.24) is 0 Å². The van der Waals surface area contributed by atoms with Crippen molar-refractivity contribution in [3.8, 4) is 23.0 Å². The van der Waals surface area contributed by atoms with Crippen LogP contribution in [0.4, 0.5) is 0 Å². The van der Waals surface area contributed by atoms with E-state index < -0.39 is 0 Å². The predicted octanol–water partition coefficient (Wildman–Crippen LogP) is 6.02. The van der Waals surface area contributed by atoms with Gasteiger partial charge >= 0.3 is 0 Å². The molecule has 0 aliphatic heterocycles. The van der Waals surface area contributed by atoms with Crippen LogP contribution < -0.4 is 9.47 Å². The molecule has 2 N–H and O–H groups in total. The zero-order valence-electron chi connectivity index (χ0n) is 20.8. The van der Waals surface area contributed by atoms with Crippen molar-refractivity contribution >= 4 is 12.4 Å². The van der Waals surface area contributed by atoms with E-state index >= 15 is 0 Å². The van der Waals surface area contributed by atoms with Crippen molar-refractivity contribution in [2.45, 2.75) is 65.5 Å². The van der Waals surface area contributed by atoms with Crippen LogP contribution in [-0.2, 0) is 0 Å². The number of phenols is 2. The fourth-order valence-electron chi connectivity index (χ4n) is 3.82. The number of hydrogen-bond acceptors (Lipinski definition) is 6. The smallest absolute Gasteiger partial charge is 0.166 e. The quantitative estimate of drug-likeness (QED) is 0.420. The van der Waals surface area contributed by atoms with Crippen molar-refractivity contribution in [1.29, 1.82) is 0 Å². The summed E-state index contributed by atoms with van der Waals surface area (Å²) in [4.78, 5) is 9.58. The molecule has 34 heavy (non-hydrogen) atoms. The molecule has 0 radical (unpaired) electrons. The Morgan fingerprint density at radius 3 is 1.56 bits per heavy atom. The Kier molecular flexibility index (Phi) is 9.37. The van der Waals surface area contributed by atoms with Gasteiger partial charge < -0.3 is 19.7 Å². The summed E-state index contributed by atoms with van der Waals surface area (Å²) in [6.07, 6.45) is 7.53. The summed E-state index contributed by atoms with van der Waals surface area (Å²) in [6.45, 7) is 9.37. The third-order valence-corrected chi connectivity index (χ3v) is 5.71. The summed E-state index contributed by atoms with van der Waals surface area (Å²) >= 11 is 0. The van der Waals surface area contributed by atoms with Crippen LogP contribution in [0.1, 0.15) is 64.5 Å². The highest BCUT2D eigenvalue weighted by atomic mass is 16.5. The van der Waals surface area contributed by atoms with Gasteiger partial charge in [-0.3, -0.25) is 9.98 Å². The van der Waals surface area contributed by atoms with Crippen LogP contribution >= 0.6 is 0 Å². The molecule has 1 saturated carbocycles. The van der Waals surface area contributed by atoms with E-state index in [-0.39, 0.29) is 23.6 Å². The molecule has 1 aliphatic carbocycles. The average Bonchev–Trinajstić information content (AvgIpc) is 2.81. The van der Waals surface area contributed by atoms with E-state index in [4.69, 9.17) is 19.5 Å². The first-order chi connectivity index (χ1) is 16.3. The van der Waals surface area contributed by atoms with Gasteiger partial charge in [-0.25, -0.2) is 0 Å². The van der Waals surface area contributed by atoms with Crippen molar-refractivity contribution in [3.63, 3.8) is 0 Å². The first-order valence-corrected chi connectivity index (χ1v) is 12.3. The first kappa shape index (κ1) is 25.6. The molecule has 2 aromatic rings. The Bertz CT molecular complexity index is 905. The lowest BCUT2D eigenvalue weighted by Crippen LogP contribution is -2.27. The van der Waals surface area contributed by atoms with Crippen LogP contribution in [0.5, 0.6) is 23.0 Å². The minimum absolute atomic E-state index is 0.0205. The number of benzene rings is 2. The fraction of sp³-hybridized carbons (Fsp3) is 0.500. The van der Waals surface area contributed by atoms with Gasteiger partial charge in [-0.05, 0) is 48.9 Å². The molecule has 0 saturated heterocycles. The highest BCUT2D eigenvalue weighted by molar-refractivity contribution is 5.86. The van der Waals surface area contributed by atoms with Crippen LogP contribution in [-0.4, -0.2) is 47.9 Å². The molecule has 6 nitrogen and oxygen atoms in total. The van der Waals surface area contributed by atoms with E-state index in [1.54, 1.807) is 24.6 Å². The summed E-state index contributed by atoms with van der Waals surface area (Å²) in [5.41, 5.74) is 1.28. The summed E-state index contributed by atoms with van der Waals surface area (Å²) < 4.78 is 11.4. The van der Waals surface area contributed by atoms with E-state index in [9.17, 15) is 10.2 Å². The van der Waals surface area contributed by atoms with Crippen LogP contribution in [0.15, 0.2) is 46.4 Å². The molecule has 6 heteroatoms. The molecule has 0 spiro atoms. The molecular weight excluding hydrogens is 428 g/mol. The topological polar surface area (TPSA) is 83.6 Å². The molecule has 184 valence electrons. The van der Waals surface area contributed by atoms with E-state index in [0.29, 0.717) is 47.7 Å². The molecule has 0 bridgehead atoms. The Morgan fingerprint density at radius 1 is 0.765 bits per heavy atom. The molecule has 3 rings (SSSR count). The van der Waals surface area contributed by atoms with Gasteiger partial charge in [0.05, 0.1) is 25.3 Å². The van der Waals surface area contributed by atoms with Gasteiger partial charge in [0.25, 0.3) is 0 Å². The van der Waals surface area contributed by atoms with Gasteiger partial charge in [-0.15, -0.1) is 0 Å². The third kappa shape index (κ3) is 7.24. The van der Waals surface area contributed by atoms with E-state index in [1.807, 2.05) is 24.3 Å². The van der Waals surface area contributed by atoms with Gasteiger partial charge in [0.15, 0.2) is 23.0 Å². The molecule has 0 aromatic heterocycles. The molecule has 2 aromatic carbocycles. The number of nitrogens with zero attached hydrogens (tertiary/aromatic N) is 2. The number of aliphatic imine (C=N–C) groups is 2. The number of rotatable bonds is 10. The molecule has 2 atom stereocenters. The number of phenolic OH excluding ortho intramolecular Hbond substituents is 2. The molecule has 0 heterocycles. The van der Waals surface area contributed by atoms with Gasteiger partial charge in [-0.1, -0.05) is 52.7 Å². The highest BCUT2D eigenvalue weighted by Gasteiger charge is 2.23. The maximum atomic E-state index is 10.6. The summed E-state index contributed by atoms with van der Waals surface area (Å²) in [5, 5.41) is 21.2. The average molecular weight is 467 g/mol. The summed E-state index contributed by atoms with van der Waals surface area (Å²) in [6, 6.07) is 11.0. The third-order valence-electron chi connectivity index (χ3n) is 5.71. The van der Waals surface area contributed by atoms with Gasteiger partial charge in [0.1, 0.15) is 0 Å². The second-order valence-corrected chi connectivity index (χ2v) is 9.77. The standard InChI is InChI=1S/C28H38N2O4/c1-19(2)17-33-25-13-7-9-21(27(25)31)15-29-23-11-5-6-12-24(23)30-16-22-10-8-14-26(28(22)32)34-18-20(3)4/h7-10,13-16,19-20,23-24,31-32H,5-6,11-12,17-18H2,1-4H3/t23-,24-/m0/s1. The lowest BCUT2D eigenvalue weighted by atomic mass is 9.91. The Morgan fingerprint density at radius 2 is 1.18 bits per heavy atom. The van der Waals surface area contributed by atoms with Crippen LogP contribution in [0.2, 0.25) is 0 Å². The Labute approximate surface area is 203 Å².